The zero-order valence-electron chi connectivity index (χ0n) is 17.0. The van der Waals surface area contributed by atoms with E-state index in [0.717, 1.165) is 25.0 Å². The van der Waals surface area contributed by atoms with Crippen LogP contribution in [0.5, 0.6) is 5.75 Å². The third-order valence-corrected chi connectivity index (χ3v) is 5.49. The van der Waals surface area contributed by atoms with E-state index in [0.29, 0.717) is 29.0 Å². The predicted molar refractivity (Wildman–Crippen MR) is 108 cm³/mol. The molecule has 0 bridgehead atoms. The van der Waals surface area contributed by atoms with Crippen LogP contribution in [0.4, 0.5) is 18.9 Å². The minimum Gasteiger partial charge on any atom is -0.480 e. The molecule has 0 aromatic heterocycles. The number of alkyl halides is 3. The van der Waals surface area contributed by atoms with E-state index in [1.165, 1.54) is 11.0 Å². The topological polar surface area (TPSA) is 58.6 Å². The van der Waals surface area contributed by atoms with Crippen LogP contribution >= 0.6 is 0 Å². The Bertz CT molecular complexity index is 1000. The number of rotatable bonds is 5. The number of ether oxygens (including phenoxy) is 1. The van der Waals surface area contributed by atoms with Crippen molar-refractivity contribution in [1.29, 1.82) is 0 Å². The molecule has 5 nitrogen and oxygen atoms in total. The zero-order valence-corrected chi connectivity index (χ0v) is 17.0. The molecular formula is C23H23F3N2O3. The molecule has 1 fully saturated rings. The van der Waals surface area contributed by atoms with E-state index in [2.05, 4.69) is 5.32 Å². The molecule has 4 rings (SSSR count). The maximum atomic E-state index is 13.1. The SMILES string of the molecule is CC[C@@H]1Oc2ccc(NC(=O)C3CC3)cc2CN(Cc2cccc(C(F)(F)F)c2)C1=O. The summed E-state index contributed by atoms with van der Waals surface area (Å²) >= 11 is 0. The van der Waals surface area contributed by atoms with Gasteiger partial charge in [-0.05, 0) is 55.2 Å². The van der Waals surface area contributed by atoms with E-state index in [4.69, 9.17) is 4.74 Å². The first-order valence-electron chi connectivity index (χ1n) is 10.3. The summed E-state index contributed by atoms with van der Waals surface area (Å²) < 4.78 is 45.1. The molecule has 1 aliphatic carbocycles. The average Bonchev–Trinajstić information content (AvgIpc) is 3.57. The van der Waals surface area contributed by atoms with Crippen molar-refractivity contribution in [1.82, 2.24) is 4.90 Å². The van der Waals surface area contributed by atoms with Gasteiger partial charge in [-0.2, -0.15) is 13.2 Å². The van der Waals surface area contributed by atoms with E-state index < -0.39 is 17.8 Å². The Morgan fingerprint density at radius 2 is 1.97 bits per heavy atom. The molecule has 1 atom stereocenters. The van der Waals surface area contributed by atoms with Crippen molar-refractivity contribution in [3.8, 4) is 5.75 Å². The van der Waals surface area contributed by atoms with Gasteiger partial charge in [0, 0.05) is 30.3 Å². The fraction of sp³-hybridized carbons (Fsp3) is 0.391. The second kappa shape index (κ2) is 8.24. The number of nitrogens with one attached hydrogen (secondary N) is 1. The number of nitrogens with zero attached hydrogens (tertiary/aromatic N) is 1. The Hall–Kier alpha value is -3.03. The summed E-state index contributed by atoms with van der Waals surface area (Å²) in [6.07, 6.45) is -2.97. The molecule has 1 saturated carbocycles. The van der Waals surface area contributed by atoms with E-state index in [1.807, 2.05) is 6.92 Å². The summed E-state index contributed by atoms with van der Waals surface area (Å²) in [7, 11) is 0. The van der Waals surface area contributed by atoms with Gasteiger partial charge >= 0.3 is 6.18 Å². The van der Waals surface area contributed by atoms with Gasteiger partial charge in [0.1, 0.15) is 5.75 Å². The molecule has 8 heteroatoms. The molecule has 0 saturated heterocycles. The summed E-state index contributed by atoms with van der Waals surface area (Å²) in [6, 6.07) is 10.2. The van der Waals surface area contributed by atoms with Gasteiger partial charge in [-0.1, -0.05) is 19.1 Å². The lowest BCUT2D eigenvalue weighted by atomic mass is 10.1. The van der Waals surface area contributed by atoms with E-state index >= 15 is 0 Å². The number of amides is 2. The lowest BCUT2D eigenvalue weighted by molar-refractivity contribution is -0.139. The maximum Gasteiger partial charge on any atom is 0.416 e. The van der Waals surface area contributed by atoms with Gasteiger partial charge in [0.2, 0.25) is 5.91 Å². The standard InChI is InChI=1S/C23H23F3N2O3/c1-2-19-22(30)28(12-14-4-3-5-17(10-14)23(24,25)26)13-16-11-18(8-9-20(16)31-19)27-21(29)15-6-7-15/h3-5,8-11,15,19H,2,6-7,12-13H2,1H3,(H,27,29)/t19-/m0/s1. The van der Waals surface area contributed by atoms with E-state index in [1.54, 1.807) is 24.3 Å². The first-order chi connectivity index (χ1) is 14.7. The highest BCUT2D eigenvalue weighted by atomic mass is 19.4. The highest BCUT2D eigenvalue weighted by Gasteiger charge is 2.33. The molecule has 2 aliphatic rings. The van der Waals surface area contributed by atoms with Crippen LogP contribution in [-0.2, 0) is 28.9 Å². The number of benzene rings is 2. The highest BCUT2D eigenvalue weighted by molar-refractivity contribution is 5.94. The maximum absolute atomic E-state index is 13.1. The van der Waals surface area contributed by atoms with E-state index in [9.17, 15) is 22.8 Å². The number of anilines is 1. The fourth-order valence-corrected chi connectivity index (χ4v) is 3.63. The van der Waals surface area contributed by atoms with Crippen molar-refractivity contribution >= 4 is 17.5 Å². The molecule has 2 aromatic carbocycles. The van der Waals surface area contributed by atoms with Crippen molar-refractivity contribution in [2.24, 2.45) is 5.92 Å². The summed E-state index contributed by atoms with van der Waals surface area (Å²) in [5.74, 6) is 0.284. The van der Waals surface area contributed by atoms with Gasteiger partial charge in [-0.3, -0.25) is 9.59 Å². The van der Waals surface area contributed by atoms with Crippen molar-refractivity contribution < 1.29 is 27.5 Å². The summed E-state index contributed by atoms with van der Waals surface area (Å²) in [4.78, 5) is 26.6. The molecule has 1 N–H and O–H groups in total. The van der Waals surface area contributed by atoms with E-state index in [-0.39, 0.29) is 30.8 Å². The van der Waals surface area contributed by atoms with Gasteiger partial charge in [0.15, 0.2) is 6.10 Å². The van der Waals surface area contributed by atoms with Crippen molar-refractivity contribution in [3.63, 3.8) is 0 Å². The van der Waals surface area contributed by atoms with Crippen LogP contribution in [-0.4, -0.2) is 22.8 Å². The fourth-order valence-electron chi connectivity index (χ4n) is 3.63. The minimum atomic E-state index is -4.45. The molecule has 1 aliphatic heterocycles. The molecular weight excluding hydrogens is 409 g/mol. The molecule has 0 unspecified atom stereocenters. The predicted octanol–water partition coefficient (Wildman–Crippen LogP) is 4.75. The second-order valence-corrected chi connectivity index (χ2v) is 7.99. The van der Waals surface area contributed by atoms with Crippen molar-refractivity contribution in [2.45, 2.75) is 51.6 Å². The van der Waals surface area contributed by atoms with Crippen LogP contribution in [0.1, 0.15) is 42.9 Å². The lowest BCUT2D eigenvalue weighted by Gasteiger charge is -2.23. The third kappa shape index (κ3) is 4.84. The molecule has 2 amide bonds. The van der Waals surface area contributed by atoms with Crippen LogP contribution in [0.25, 0.3) is 0 Å². The van der Waals surface area contributed by atoms with Gasteiger partial charge in [0.05, 0.1) is 5.56 Å². The van der Waals surface area contributed by atoms with Gasteiger partial charge in [0.25, 0.3) is 5.91 Å². The molecule has 1 heterocycles. The number of carbonyl (C=O) groups excluding carboxylic acids is 2. The number of hydrogen-bond donors (Lipinski definition) is 1. The van der Waals surface area contributed by atoms with Gasteiger partial charge < -0.3 is 15.0 Å². The molecule has 31 heavy (non-hydrogen) atoms. The number of hydrogen-bond acceptors (Lipinski definition) is 3. The Balaban J connectivity index is 1.59. The van der Waals surface area contributed by atoms with Gasteiger partial charge in [-0.15, -0.1) is 0 Å². The normalized spacial score (nSPS) is 18.8. The Morgan fingerprint density at radius 1 is 1.19 bits per heavy atom. The minimum absolute atomic E-state index is 0.0285. The van der Waals surface area contributed by atoms with Crippen LogP contribution < -0.4 is 10.1 Å². The second-order valence-electron chi connectivity index (χ2n) is 7.99. The molecule has 164 valence electrons. The molecule has 0 spiro atoms. The number of halogens is 3. The number of fused-ring (bicyclic) bond motifs is 1. The summed E-state index contributed by atoms with van der Waals surface area (Å²) in [5.41, 5.74) is 0.950. The highest BCUT2D eigenvalue weighted by Crippen LogP contribution is 2.34. The van der Waals surface area contributed by atoms with Gasteiger partial charge in [-0.25, -0.2) is 0 Å². The average molecular weight is 432 g/mol. The van der Waals surface area contributed by atoms with Crippen molar-refractivity contribution in [2.75, 3.05) is 5.32 Å². The van der Waals surface area contributed by atoms with Crippen LogP contribution in [0.2, 0.25) is 0 Å². The van der Waals surface area contributed by atoms with Crippen molar-refractivity contribution in [3.05, 3.63) is 59.2 Å². The van der Waals surface area contributed by atoms with Crippen LogP contribution in [0, 0.1) is 5.92 Å². The Kier molecular flexibility index (Phi) is 5.64. The Morgan fingerprint density at radius 3 is 2.65 bits per heavy atom. The molecule has 0 radical (unpaired) electrons. The summed E-state index contributed by atoms with van der Waals surface area (Å²) in [6.45, 7) is 2.02. The summed E-state index contributed by atoms with van der Waals surface area (Å²) in [5, 5.41) is 2.88. The van der Waals surface area contributed by atoms with Crippen LogP contribution in [0.3, 0.4) is 0 Å². The monoisotopic (exact) mass is 432 g/mol. The third-order valence-electron chi connectivity index (χ3n) is 5.49. The zero-order chi connectivity index (χ0) is 22.2. The molecule has 2 aromatic rings. The number of carbonyl (C=O) groups is 2. The van der Waals surface area contributed by atoms with Crippen LogP contribution in [0.15, 0.2) is 42.5 Å². The first kappa shape index (κ1) is 21.2. The largest absolute Gasteiger partial charge is 0.480 e. The quantitative estimate of drug-likeness (QED) is 0.742. The smallest absolute Gasteiger partial charge is 0.416 e. The lowest BCUT2D eigenvalue weighted by Crippen LogP contribution is -2.38. The first-order valence-corrected chi connectivity index (χ1v) is 10.3. The Labute approximate surface area is 178 Å².